The van der Waals surface area contributed by atoms with Crippen molar-refractivity contribution < 1.29 is 22.3 Å². The number of nitrogens with zero attached hydrogens (tertiary/aromatic N) is 1. The van der Waals surface area contributed by atoms with Crippen LogP contribution >= 0.6 is 0 Å². The van der Waals surface area contributed by atoms with E-state index in [0.29, 0.717) is 17.7 Å². The van der Waals surface area contributed by atoms with E-state index in [4.69, 9.17) is 4.74 Å². The van der Waals surface area contributed by atoms with Crippen molar-refractivity contribution in [2.24, 2.45) is 0 Å². The molecular weight excluding hydrogens is 405 g/mol. The maximum absolute atomic E-state index is 14.1. The van der Waals surface area contributed by atoms with Gasteiger partial charge in [-0.2, -0.15) is 0 Å². The summed E-state index contributed by atoms with van der Waals surface area (Å²) < 4.78 is 43.7. The van der Waals surface area contributed by atoms with E-state index < -0.39 is 21.7 Å². The summed E-state index contributed by atoms with van der Waals surface area (Å²) >= 11 is 0. The summed E-state index contributed by atoms with van der Waals surface area (Å²) in [5.41, 5.74) is 1.52. The molecule has 1 amide bonds. The van der Waals surface area contributed by atoms with Crippen molar-refractivity contribution >= 4 is 15.7 Å². The molecule has 0 N–H and O–H groups in total. The van der Waals surface area contributed by atoms with Gasteiger partial charge in [-0.25, -0.2) is 12.8 Å². The van der Waals surface area contributed by atoms with Gasteiger partial charge < -0.3 is 9.64 Å². The largest absolute Gasteiger partial charge is 0.484 e. The molecule has 3 rings (SSSR count). The lowest BCUT2D eigenvalue weighted by molar-refractivity contribution is -0.136. The Morgan fingerprint density at radius 2 is 1.80 bits per heavy atom. The molecule has 0 aromatic heterocycles. The maximum atomic E-state index is 14.1. The molecule has 0 spiro atoms. The molecule has 1 atom stereocenters. The molecule has 1 aliphatic heterocycles. The third-order valence-corrected chi connectivity index (χ3v) is 7.10. The fourth-order valence-electron chi connectivity index (χ4n) is 3.53. The Balaban J connectivity index is 1.72. The molecule has 1 aliphatic rings. The average molecular weight is 434 g/mol. The monoisotopic (exact) mass is 433 g/mol. The SMILES string of the molecule is CC(C)(C)c1ccc(OCC(=O)N(Cc2ccccc2F)[C@@H]2CCS(=O)(=O)C2)cc1. The van der Waals surface area contributed by atoms with E-state index in [-0.39, 0.29) is 36.0 Å². The number of carbonyl (C=O) groups is 1. The number of ether oxygens (including phenoxy) is 1. The normalized spacial score (nSPS) is 18.2. The summed E-state index contributed by atoms with van der Waals surface area (Å²) in [5.74, 6) is -0.294. The van der Waals surface area contributed by atoms with Gasteiger partial charge in [0, 0.05) is 18.2 Å². The second-order valence-electron chi connectivity index (χ2n) is 8.73. The molecule has 0 saturated carbocycles. The van der Waals surface area contributed by atoms with Crippen LogP contribution in [0.5, 0.6) is 5.75 Å². The van der Waals surface area contributed by atoms with E-state index in [1.54, 1.807) is 18.2 Å². The number of benzene rings is 2. The lowest BCUT2D eigenvalue weighted by atomic mass is 9.87. The fraction of sp³-hybridized carbons (Fsp3) is 0.435. The zero-order valence-corrected chi connectivity index (χ0v) is 18.4. The predicted molar refractivity (Wildman–Crippen MR) is 115 cm³/mol. The van der Waals surface area contributed by atoms with E-state index >= 15 is 0 Å². The molecule has 0 aliphatic carbocycles. The first kappa shape index (κ1) is 22.3. The van der Waals surface area contributed by atoms with Crippen molar-refractivity contribution in [3.63, 3.8) is 0 Å². The highest BCUT2D eigenvalue weighted by Crippen LogP contribution is 2.25. The first-order valence-corrected chi connectivity index (χ1v) is 11.8. The van der Waals surface area contributed by atoms with E-state index in [1.807, 2.05) is 24.3 Å². The van der Waals surface area contributed by atoms with E-state index in [9.17, 15) is 17.6 Å². The van der Waals surface area contributed by atoms with Gasteiger partial charge in [-0.3, -0.25) is 4.79 Å². The first-order valence-electron chi connectivity index (χ1n) is 10.0. The molecule has 2 aromatic rings. The minimum atomic E-state index is -3.19. The van der Waals surface area contributed by atoms with Crippen LogP contribution in [0, 0.1) is 5.82 Å². The number of sulfone groups is 1. The second kappa shape index (κ2) is 8.76. The number of amides is 1. The lowest BCUT2D eigenvalue weighted by Gasteiger charge is -2.28. The molecule has 30 heavy (non-hydrogen) atoms. The molecule has 0 unspecified atom stereocenters. The van der Waals surface area contributed by atoms with Gasteiger partial charge in [0.25, 0.3) is 5.91 Å². The Kier molecular flexibility index (Phi) is 6.50. The number of halogens is 1. The van der Waals surface area contributed by atoms with Crippen LogP contribution in [-0.2, 0) is 26.6 Å². The predicted octanol–water partition coefficient (Wildman–Crippen LogP) is 3.72. The van der Waals surface area contributed by atoms with Crippen molar-refractivity contribution in [2.45, 2.75) is 45.2 Å². The van der Waals surface area contributed by atoms with Gasteiger partial charge in [-0.05, 0) is 35.6 Å². The summed E-state index contributed by atoms with van der Waals surface area (Å²) in [4.78, 5) is 14.4. The van der Waals surface area contributed by atoms with Crippen molar-refractivity contribution in [1.82, 2.24) is 4.90 Å². The zero-order valence-electron chi connectivity index (χ0n) is 17.6. The third-order valence-electron chi connectivity index (χ3n) is 5.35. The van der Waals surface area contributed by atoms with Gasteiger partial charge in [0.2, 0.25) is 0 Å². The molecule has 162 valence electrons. The Morgan fingerprint density at radius 1 is 1.13 bits per heavy atom. The molecule has 0 radical (unpaired) electrons. The minimum Gasteiger partial charge on any atom is -0.484 e. The van der Waals surface area contributed by atoms with Crippen molar-refractivity contribution in [2.75, 3.05) is 18.1 Å². The van der Waals surface area contributed by atoms with Gasteiger partial charge in [0.15, 0.2) is 16.4 Å². The molecule has 0 bridgehead atoms. The highest BCUT2D eigenvalue weighted by atomic mass is 32.2. The Hall–Kier alpha value is -2.41. The van der Waals surface area contributed by atoms with Crippen LogP contribution in [0.25, 0.3) is 0 Å². The number of rotatable bonds is 6. The molecule has 2 aromatic carbocycles. The van der Waals surface area contributed by atoms with Crippen molar-refractivity contribution in [1.29, 1.82) is 0 Å². The average Bonchev–Trinajstić information content (AvgIpc) is 3.04. The summed E-state index contributed by atoms with van der Waals surface area (Å²) in [6.07, 6.45) is 0.350. The van der Waals surface area contributed by atoms with Crippen LogP contribution in [0.4, 0.5) is 4.39 Å². The third kappa shape index (κ3) is 5.59. The Bertz CT molecular complexity index is 997. The molecule has 7 heteroatoms. The van der Waals surface area contributed by atoms with Crippen LogP contribution in [-0.4, -0.2) is 43.4 Å². The van der Waals surface area contributed by atoms with Crippen molar-refractivity contribution in [3.05, 3.63) is 65.5 Å². The number of carbonyl (C=O) groups excluding carboxylic acids is 1. The summed E-state index contributed by atoms with van der Waals surface area (Å²) in [6.45, 7) is 6.12. The van der Waals surface area contributed by atoms with Gasteiger partial charge in [0.05, 0.1) is 11.5 Å². The maximum Gasteiger partial charge on any atom is 0.261 e. The molecule has 1 heterocycles. The van der Waals surface area contributed by atoms with Crippen LogP contribution < -0.4 is 4.74 Å². The van der Waals surface area contributed by atoms with Crippen molar-refractivity contribution in [3.8, 4) is 5.75 Å². The van der Waals surface area contributed by atoms with E-state index in [1.165, 1.54) is 11.0 Å². The van der Waals surface area contributed by atoms with E-state index in [0.717, 1.165) is 5.56 Å². The highest BCUT2D eigenvalue weighted by Gasteiger charge is 2.35. The fourth-order valence-corrected chi connectivity index (χ4v) is 5.26. The van der Waals surface area contributed by atoms with Crippen LogP contribution in [0.1, 0.15) is 38.3 Å². The van der Waals surface area contributed by atoms with Crippen LogP contribution in [0.2, 0.25) is 0 Å². The van der Waals surface area contributed by atoms with Gasteiger partial charge in [0.1, 0.15) is 11.6 Å². The lowest BCUT2D eigenvalue weighted by Crippen LogP contribution is -2.43. The molecule has 1 saturated heterocycles. The summed E-state index contributed by atoms with van der Waals surface area (Å²) in [7, 11) is -3.19. The number of hydrogen-bond donors (Lipinski definition) is 0. The number of hydrogen-bond acceptors (Lipinski definition) is 4. The van der Waals surface area contributed by atoms with Gasteiger partial charge in [-0.1, -0.05) is 51.1 Å². The second-order valence-corrected chi connectivity index (χ2v) is 11.0. The van der Waals surface area contributed by atoms with E-state index in [2.05, 4.69) is 20.8 Å². The van der Waals surface area contributed by atoms with Gasteiger partial charge in [-0.15, -0.1) is 0 Å². The highest BCUT2D eigenvalue weighted by molar-refractivity contribution is 7.91. The Labute approximate surface area is 177 Å². The zero-order chi connectivity index (χ0) is 21.9. The summed E-state index contributed by atoms with van der Waals surface area (Å²) in [5, 5.41) is 0. The van der Waals surface area contributed by atoms with Crippen LogP contribution in [0.15, 0.2) is 48.5 Å². The minimum absolute atomic E-state index is 0.0119. The quantitative estimate of drug-likeness (QED) is 0.697. The van der Waals surface area contributed by atoms with Gasteiger partial charge >= 0.3 is 0 Å². The Morgan fingerprint density at radius 3 is 2.37 bits per heavy atom. The standard InChI is InChI=1S/C23H28FNO4S/c1-23(2,3)18-8-10-20(11-9-18)29-15-22(26)25(19-12-13-30(27,28)16-19)14-17-6-4-5-7-21(17)24/h4-11,19H,12-16H2,1-3H3/t19-/m1/s1. The molecule has 5 nitrogen and oxygen atoms in total. The van der Waals surface area contributed by atoms with Crippen LogP contribution in [0.3, 0.4) is 0 Å². The molecule has 1 fully saturated rings. The topological polar surface area (TPSA) is 63.7 Å². The smallest absolute Gasteiger partial charge is 0.261 e. The summed E-state index contributed by atoms with van der Waals surface area (Å²) in [6, 6.07) is 13.3. The first-order chi connectivity index (χ1) is 14.0. The molecular formula is C23H28FNO4S.